The number of carbonyl (C=O) groups is 3. The highest BCUT2D eigenvalue weighted by Gasteiger charge is 2.18. The minimum absolute atomic E-state index is 0.249. The van der Waals surface area contributed by atoms with Gasteiger partial charge < -0.3 is 16.0 Å². The average Bonchev–Trinajstić information content (AvgIpc) is 3.26. The van der Waals surface area contributed by atoms with Gasteiger partial charge in [-0.05, 0) is 181 Å². The van der Waals surface area contributed by atoms with E-state index in [1.165, 1.54) is 0 Å². The predicted molar refractivity (Wildman–Crippen MR) is 256 cm³/mol. The number of aromatic nitrogens is 3. The van der Waals surface area contributed by atoms with E-state index in [2.05, 4.69) is 88.1 Å². The van der Waals surface area contributed by atoms with E-state index in [9.17, 15) is 14.4 Å². The Morgan fingerprint density at radius 1 is 0.381 bits per heavy atom. The molecular weight excluding hydrogens is 781 g/mol. The van der Waals surface area contributed by atoms with E-state index in [1.807, 2.05) is 93.6 Å². The Bertz CT molecular complexity index is 2500. The molecule has 0 atom stereocenters. The first-order valence-electron chi connectivity index (χ1n) is 21.8. The van der Waals surface area contributed by atoms with Crippen LogP contribution in [0.4, 0.5) is 17.5 Å². The van der Waals surface area contributed by atoms with Crippen LogP contribution < -0.4 is 16.0 Å². The minimum atomic E-state index is -0.249. The van der Waals surface area contributed by atoms with Crippen molar-refractivity contribution in [3.05, 3.63) is 178 Å². The third kappa shape index (κ3) is 11.4. The second-order valence-corrected chi connectivity index (χ2v) is 16.2. The molecule has 0 saturated heterocycles. The highest BCUT2D eigenvalue weighted by molar-refractivity contribution is 6.06. The first kappa shape index (κ1) is 43.8. The van der Waals surface area contributed by atoms with Gasteiger partial charge in [0, 0.05) is 33.8 Å². The van der Waals surface area contributed by atoms with E-state index >= 15 is 0 Å². The Morgan fingerprint density at radius 3 is 0.905 bits per heavy atom. The van der Waals surface area contributed by atoms with Crippen LogP contribution in [0, 0.1) is 20.8 Å². The summed E-state index contributed by atoms with van der Waals surface area (Å²) in [7, 11) is 0. The van der Waals surface area contributed by atoms with Crippen molar-refractivity contribution in [2.24, 2.45) is 0 Å². The van der Waals surface area contributed by atoms with Crippen molar-refractivity contribution >= 4 is 35.2 Å². The zero-order valence-electron chi connectivity index (χ0n) is 36.9. The highest BCUT2D eigenvalue weighted by atomic mass is 16.2. The van der Waals surface area contributed by atoms with Crippen molar-refractivity contribution in [2.75, 3.05) is 16.0 Å². The largest absolute Gasteiger partial charge is 0.307 e. The maximum absolute atomic E-state index is 13.9. The third-order valence-corrected chi connectivity index (χ3v) is 10.7. The molecule has 63 heavy (non-hydrogen) atoms. The second kappa shape index (κ2) is 20.1. The van der Waals surface area contributed by atoms with E-state index < -0.39 is 0 Å². The van der Waals surface area contributed by atoms with Gasteiger partial charge in [-0.2, -0.15) is 0 Å². The van der Waals surface area contributed by atoms with Crippen molar-refractivity contribution in [3.63, 3.8) is 0 Å². The molecule has 7 rings (SSSR count). The summed E-state index contributed by atoms with van der Waals surface area (Å²) in [6.45, 7) is 12.1. The van der Waals surface area contributed by atoms with Crippen LogP contribution in [0.25, 0.3) is 33.4 Å². The van der Waals surface area contributed by atoms with Crippen LogP contribution in [0.5, 0.6) is 0 Å². The van der Waals surface area contributed by atoms with Gasteiger partial charge in [0.15, 0.2) is 0 Å². The number of amides is 3. The van der Waals surface area contributed by atoms with Crippen molar-refractivity contribution in [3.8, 4) is 33.4 Å². The van der Waals surface area contributed by atoms with Crippen LogP contribution in [0.15, 0.2) is 127 Å². The number of pyridine rings is 3. The lowest BCUT2D eigenvalue weighted by atomic mass is 9.89. The maximum atomic E-state index is 13.9. The molecule has 0 aliphatic carbocycles. The molecule has 0 spiro atoms. The van der Waals surface area contributed by atoms with Crippen molar-refractivity contribution < 1.29 is 14.4 Å². The number of benzene rings is 4. The third-order valence-electron chi connectivity index (χ3n) is 10.7. The fourth-order valence-corrected chi connectivity index (χ4v) is 7.80. The number of hydrogen-bond donors (Lipinski definition) is 3. The van der Waals surface area contributed by atoms with Gasteiger partial charge in [0.05, 0.1) is 0 Å². The number of aryl methyl sites for hydroxylation is 6. The second-order valence-electron chi connectivity index (χ2n) is 16.2. The maximum Gasteiger partial charge on any atom is 0.256 e. The summed E-state index contributed by atoms with van der Waals surface area (Å²) in [5, 5.41) is 8.99. The van der Waals surface area contributed by atoms with Crippen molar-refractivity contribution in [2.45, 2.75) is 80.1 Å². The number of carbonyl (C=O) groups excluding carboxylic acids is 3. The van der Waals surface area contributed by atoms with E-state index in [4.69, 9.17) is 0 Å². The van der Waals surface area contributed by atoms with Crippen LogP contribution >= 0.6 is 0 Å². The molecule has 3 heterocycles. The molecule has 7 aromatic rings. The molecule has 9 heteroatoms. The number of hydrogen-bond acceptors (Lipinski definition) is 6. The SMILES string of the molecule is CCCc1cc(C(=O)Nc2cccc(C)n2)cc(-c2cc(-c3cc(CCC)cc(C(=O)Nc4cccc(C)n4)c3)cc(-c3cc(CCC)cc(C(=O)Nc4cccc(C)n4)c3)c2)c1. The molecule has 9 nitrogen and oxygen atoms in total. The van der Waals surface area contributed by atoms with E-state index in [-0.39, 0.29) is 17.7 Å². The molecule has 0 bridgehead atoms. The van der Waals surface area contributed by atoms with Gasteiger partial charge in [0.1, 0.15) is 17.5 Å². The Morgan fingerprint density at radius 2 is 0.651 bits per heavy atom. The fraction of sp³-hybridized carbons (Fsp3) is 0.222. The van der Waals surface area contributed by atoms with Crippen LogP contribution in [-0.2, 0) is 19.3 Å². The van der Waals surface area contributed by atoms with Crippen LogP contribution in [-0.4, -0.2) is 32.7 Å². The molecular formula is C54H54N6O3. The van der Waals surface area contributed by atoms with Crippen molar-refractivity contribution in [1.82, 2.24) is 15.0 Å². The van der Waals surface area contributed by atoms with Gasteiger partial charge in [-0.25, -0.2) is 15.0 Å². The molecule has 4 aromatic carbocycles. The topological polar surface area (TPSA) is 126 Å². The zero-order chi connectivity index (χ0) is 44.5. The lowest BCUT2D eigenvalue weighted by molar-refractivity contribution is 0.101. The Hall–Kier alpha value is -7.26. The summed E-state index contributed by atoms with van der Waals surface area (Å²) in [5.41, 5.74) is 12.4. The average molecular weight is 835 g/mol. The summed E-state index contributed by atoms with van der Waals surface area (Å²) >= 11 is 0. The summed E-state index contributed by atoms with van der Waals surface area (Å²) in [6, 6.07) is 41.1. The molecule has 0 saturated carbocycles. The highest BCUT2D eigenvalue weighted by Crippen LogP contribution is 2.36. The molecule has 0 unspecified atom stereocenters. The minimum Gasteiger partial charge on any atom is -0.307 e. The Labute approximate surface area is 370 Å². The van der Waals surface area contributed by atoms with Gasteiger partial charge >= 0.3 is 0 Å². The quantitative estimate of drug-likeness (QED) is 0.0944. The lowest BCUT2D eigenvalue weighted by Crippen LogP contribution is -2.14. The van der Waals surface area contributed by atoms with E-state index in [0.29, 0.717) is 34.1 Å². The smallest absolute Gasteiger partial charge is 0.256 e. The molecule has 318 valence electrons. The normalized spacial score (nSPS) is 11.0. The molecule has 3 amide bonds. The summed E-state index contributed by atoms with van der Waals surface area (Å²) < 4.78 is 0. The van der Waals surface area contributed by atoms with Crippen LogP contribution in [0.2, 0.25) is 0 Å². The molecule has 3 N–H and O–H groups in total. The van der Waals surface area contributed by atoms with E-state index in [0.717, 1.165) is 106 Å². The number of nitrogens with one attached hydrogen (secondary N) is 3. The van der Waals surface area contributed by atoms with E-state index in [1.54, 1.807) is 18.2 Å². The molecule has 0 aliphatic heterocycles. The van der Waals surface area contributed by atoms with Gasteiger partial charge in [-0.15, -0.1) is 0 Å². The first-order valence-corrected chi connectivity index (χ1v) is 21.8. The fourth-order valence-electron chi connectivity index (χ4n) is 7.80. The zero-order valence-corrected chi connectivity index (χ0v) is 36.9. The first-order chi connectivity index (χ1) is 30.5. The molecule has 0 aliphatic rings. The predicted octanol–water partition coefficient (Wildman–Crippen LogP) is 12.4. The summed E-state index contributed by atoms with van der Waals surface area (Å²) in [4.78, 5) is 55.2. The van der Waals surface area contributed by atoms with Gasteiger partial charge in [-0.1, -0.05) is 76.4 Å². The Balaban J connectivity index is 1.39. The molecule has 0 fully saturated rings. The summed E-state index contributed by atoms with van der Waals surface area (Å²) in [6.07, 6.45) is 5.04. The number of rotatable bonds is 15. The van der Waals surface area contributed by atoms with Crippen LogP contribution in [0.3, 0.4) is 0 Å². The molecule has 0 radical (unpaired) electrons. The van der Waals surface area contributed by atoms with Gasteiger partial charge in [0.2, 0.25) is 0 Å². The van der Waals surface area contributed by atoms with Crippen molar-refractivity contribution in [1.29, 1.82) is 0 Å². The lowest BCUT2D eigenvalue weighted by Gasteiger charge is -2.16. The number of anilines is 3. The number of nitrogens with zero attached hydrogens (tertiary/aromatic N) is 3. The van der Waals surface area contributed by atoms with Crippen LogP contribution in [0.1, 0.15) is 105 Å². The van der Waals surface area contributed by atoms with Gasteiger partial charge in [0.25, 0.3) is 17.7 Å². The Kier molecular flexibility index (Phi) is 14.0. The standard InChI is InChI=1S/C54H54N6O3/c1-7-13-37-22-40(31-46(25-37)52(61)58-49-19-10-16-34(4)55-49)43-28-44(41-23-38(14-8-2)26-47(32-41)53(62)59-50-20-11-17-35(5)56-50)30-45(29-43)42-24-39(15-9-3)27-48(33-42)54(63)60-51-21-12-18-36(6)57-51/h10-12,16-33H,7-9,13-15H2,1-6H3,(H,55,58,61)(H,56,59,62)(H,57,60,63). The summed E-state index contributed by atoms with van der Waals surface area (Å²) in [5.74, 6) is 0.715. The monoisotopic (exact) mass is 834 g/mol. The van der Waals surface area contributed by atoms with Gasteiger partial charge in [-0.3, -0.25) is 14.4 Å². The molecule has 3 aromatic heterocycles.